The summed E-state index contributed by atoms with van der Waals surface area (Å²) in [5, 5.41) is 0. The Hall–Kier alpha value is -0.0800. The second kappa shape index (κ2) is 4.21. The van der Waals surface area contributed by atoms with E-state index in [0.29, 0.717) is 18.1 Å². The number of ether oxygens (including phenoxy) is 2. The lowest BCUT2D eigenvalue weighted by atomic mass is 9.65. The summed E-state index contributed by atoms with van der Waals surface area (Å²) in [6.45, 7) is 2.42. The molecule has 0 amide bonds. The van der Waals surface area contributed by atoms with Gasteiger partial charge in [0.05, 0.1) is 12.2 Å². The minimum Gasteiger partial charge on any atom is -0.344 e. The van der Waals surface area contributed by atoms with Gasteiger partial charge in [-0.15, -0.1) is 0 Å². The average Bonchev–Trinajstić information content (AvgIpc) is 2.74. The normalized spacial score (nSPS) is 55.5. The van der Waals surface area contributed by atoms with Crippen molar-refractivity contribution in [3.05, 3.63) is 0 Å². The molecule has 4 fully saturated rings. The minimum atomic E-state index is -0.162. The third-order valence-electron chi connectivity index (χ3n) is 5.91. The molecule has 3 saturated carbocycles. The Morgan fingerprint density at radius 3 is 2.33 bits per heavy atom. The molecule has 4 aliphatic rings. The van der Waals surface area contributed by atoms with Gasteiger partial charge in [-0.2, -0.15) is 0 Å². The van der Waals surface area contributed by atoms with Crippen molar-refractivity contribution < 1.29 is 9.47 Å². The zero-order valence-electron chi connectivity index (χ0n) is 11.6. The topological polar surface area (TPSA) is 18.5 Å². The SMILES string of the molecule is CC1CC2CCC3(OC4CCCCC4O3)C(C1)C2. The van der Waals surface area contributed by atoms with Gasteiger partial charge in [0.1, 0.15) is 0 Å². The Labute approximate surface area is 110 Å². The summed E-state index contributed by atoms with van der Waals surface area (Å²) < 4.78 is 13.0. The van der Waals surface area contributed by atoms with E-state index in [9.17, 15) is 0 Å². The maximum absolute atomic E-state index is 6.51. The van der Waals surface area contributed by atoms with Crippen LogP contribution in [0, 0.1) is 17.8 Å². The number of hydrogen-bond donors (Lipinski definition) is 0. The van der Waals surface area contributed by atoms with Gasteiger partial charge in [-0.1, -0.05) is 19.8 Å². The first-order valence-corrected chi connectivity index (χ1v) is 8.11. The van der Waals surface area contributed by atoms with Crippen molar-refractivity contribution in [2.45, 2.75) is 82.7 Å². The van der Waals surface area contributed by atoms with E-state index in [1.165, 1.54) is 57.8 Å². The van der Waals surface area contributed by atoms with Crippen molar-refractivity contribution >= 4 is 0 Å². The van der Waals surface area contributed by atoms with Gasteiger partial charge in [0, 0.05) is 12.3 Å². The summed E-state index contributed by atoms with van der Waals surface area (Å²) in [7, 11) is 0. The maximum Gasteiger partial charge on any atom is 0.172 e. The molecule has 5 atom stereocenters. The Balaban J connectivity index is 1.56. The highest BCUT2D eigenvalue weighted by molar-refractivity contribution is 4.98. The molecule has 5 unspecified atom stereocenters. The molecule has 2 nitrogen and oxygen atoms in total. The van der Waals surface area contributed by atoms with Crippen molar-refractivity contribution in [3.63, 3.8) is 0 Å². The summed E-state index contributed by atoms with van der Waals surface area (Å²) in [6, 6.07) is 0. The molecule has 102 valence electrons. The second-order valence-corrected chi connectivity index (χ2v) is 7.32. The molecule has 4 rings (SSSR count). The first kappa shape index (κ1) is 11.7. The Morgan fingerprint density at radius 1 is 0.889 bits per heavy atom. The van der Waals surface area contributed by atoms with Crippen LogP contribution in [0.15, 0.2) is 0 Å². The minimum absolute atomic E-state index is 0.162. The summed E-state index contributed by atoms with van der Waals surface area (Å²) in [6.07, 6.45) is 12.6. The van der Waals surface area contributed by atoms with Crippen LogP contribution in [0.1, 0.15) is 64.7 Å². The van der Waals surface area contributed by atoms with Crippen LogP contribution in [0.25, 0.3) is 0 Å². The van der Waals surface area contributed by atoms with Crippen molar-refractivity contribution in [1.82, 2.24) is 0 Å². The first-order valence-electron chi connectivity index (χ1n) is 8.11. The van der Waals surface area contributed by atoms with Crippen LogP contribution < -0.4 is 0 Å². The third kappa shape index (κ3) is 1.76. The molecule has 0 aromatic heterocycles. The molecule has 1 heterocycles. The van der Waals surface area contributed by atoms with Crippen molar-refractivity contribution in [2.75, 3.05) is 0 Å². The molecule has 18 heavy (non-hydrogen) atoms. The second-order valence-electron chi connectivity index (χ2n) is 7.32. The van der Waals surface area contributed by atoms with E-state index < -0.39 is 0 Å². The average molecular weight is 250 g/mol. The number of fused-ring (bicyclic) bond motifs is 4. The van der Waals surface area contributed by atoms with Gasteiger partial charge >= 0.3 is 0 Å². The van der Waals surface area contributed by atoms with Gasteiger partial charge in [0.15, 0.2) is 5.79 Å². The summed E-state index contributed by atoms with van der Waals surface area (Å²) in [4.78, 5) is 0. The van der Waals surface area contributed by atoms with Crippen LogP contribution in [-0.4, -0.2) is 18.0 Å². The highest BCUT2D eigenvalue weighted by Gasteiger charge is 2.55. The van der Waals surface area contributed by atoms with Gasteiger partial charge in [-0.05, 0) is 50.4 Å². The summed E-state index contributed by atoms with van der Waals surface area (Å²) in [5.74, 6) is 2.36. The van der Waals surface area contributed by atoms with Crippen LogP contribution in [-0.2, 0) is 9.47 Å². The monoisotopic (exact) mass is 250 g/mol. The Bertz CT molecular complexity index is 311. The summed E-state index contributed by atoms with van der Waals surface area (Å²) >= 11 is 0. The molecular formula is C16H26O2. The highest BCUT2D eigenvalue weighted by Crippen LogP contribution is 2.54. The molecule has 0 aromatic rings. The Kier molecular flexibility index (Phi) is 2.74. The lowest BCUT2D eigenvalue weighted by molar-refractivity contribution is -0.243. The smallest absolute Gasteiger partial charge is 0.172 e. The van der Waals surface area contributed by atoms with Crippen LogP contribution in [0.5, 0.6) is 0 Å². The molecule has 1 spiro atoms. The molecule has 3 aliphatic carbocycles. The van der Waals surface area contributed by atoms with E-state index in [4.69, 9.17) is 9.47 Å². The standard InChI is InChI=1S/C16H26O2/c1-11-8-12-6-7-16(13(9-11)10-12)17-14-4-2-3-5-15(14)18-16/h11-15H,2-10H2,1H3. The predicted molar refractivity (Wildman–Crippen MR) is 70.2 cm³/mol. The largest absolute Gasteiger partial charge is 0.344 e. The third-order valence-corrected chi connectivity index (χ3v) is 5.91. The van der Waals surface area contributed by atoms with E-state index in [0.717, 1.165) is 11.8 Å². The number of hydrogen-bond acceptors (Lipinski definition) is 2. The van der Waals surface area contributed by atoms with E-state index >= 15 is 0 Å². The molecular weight excluding hydrogens is 224 g/mol. The molecule has 2 heteroatoms. The van der Waals surface area contributed by atoms with Gasteiger partial charge < -0.3 is 9.47 Å². The zero-order valence-corrected chi connectivity index (χ0v) is 11.6. The van der Waals surface area contributed by atoms with Crippen LogP contribution in [0.2, 0.25) is 0 Å². The lowest BCUT2D eigenvalue weighted by Gasteiger charge is -2.47. The molecule has 0 aromatic carbocycles. The van der Waals surface area contributed by atoms with E-state index in [2.05, 4.69) is 6.92 Å². The quantitative estimate of drug-likeness (QED) is 0.649. The molecule has 0 N–H and O–H groups in total. The first-order chi connectivity index (χ1) is 8.75. The lowest BCUT2D eigenvalue weighted by Crippen LogP contribution is -2.47. The van der Waals surface area contributed by atoms with Crippen LogP contribution in [0.4, 0.5) is 0 Å². The van der Waals surface area contributed by atoms with E-state index in [1.807, 2.05) is 0 Å². The highest BCUT2D eigenvalue weighted by atomic mass is 16.8. The van der Waals surface area contributed by atoms with E-state index in [-0.39, 0.29) is 5.79 Å². The van der Waals surface area contributed by atoms with Gasteiger partial charge in [0.2, 0.25) is 0 Å². The molecule has 1 aliphatic heterocycles. The van der Waals surface area contributed by atoms with Gasteiger partial charge in [-0.3, -0.25) is 0 Å². The Morgan fingerprint density at radius 2 is 1.61 bits per heavy atom. The van der Waals surface area contributed by atoms with Crippen molar-refractivity contribution in [3.8, 4) is 0 Å². The zero-order chi connectivity index (χ0) is 12.2. The van der Waals surface area contributed by atoms with E-state index in [1.54, 1.807) is 0 Å². The molecule has 0 radical (unpaired) electrons. The van der Waals surface area contributed by atoms with Crippen molar-refractivity contribution in [1.29, 1.82) is 0 Å². The molecule has 1 saturated heterocycles. The molecule has 2 bridgehead atoms. The van der Waals surface area contributed by atoms with Crippen LogP contribution >= 0.6 is 0 Å². The van der Waals surface area contributed by atoms with Gasteiger partial charge in [-0.25, -0.2) is 0 Å². The number of rotatable bonds is 0. The fourth-order valence-electron chi connectivity index (χ4n) is 5.13. The fraction of sp³-hybridized carbons (Fsp3) is 1.00. The summed E-state index contributed by atoms with van der Waals surface area (Å²) in [5.41, 5.74) is 0. The maximum atomic E-state index is 6.51. The predicted octanol–water partition coefficient (Wildman–Crippen LogP) is 3.89. The van der Waals surface area contributed by atoms with Crippen LogP contribution in [0.3, 0.4) is 0 Å². The van der Waals surface area contributed by atoms with Gasteiger partial charge in [0.25, 0.3) is 0 Å². The van der Waals surface area contributed by atoms with Crippen molar-refractivity contribution in [2.24, 2.45) is 17.8 Å². The fourth-order valence-corrected chi connectivity index (χ4v) is 5.13.